The molecular formula is C17H25N5O3. The van der Waals surface area contributed by atoms with Crippen molar-refractivity contribution in [2.24, 2.45) is 0 Å². The van der Waals surface area contributed by atoms with Gasteiger partial charge in [-0.05, 0) is 19.4 Å². The maximum absolute atomic E-state index is 5.52. The maximum Gasteiger partial charge on any atom is 0.183 e. The Kier molecular flexibility index (Phi) is 5.83. The van der Waals surface area contributed by atoms with Gasteiger partial charge >= 0.3 is 0 Å². The van der Waals surface area contributed by atoms with E-state index in [1.54, 1.807) is 27.5 Å². The van der Waals surface area contributed by atoms with Crippen molar-refractivity contribution in [1.82, 2.24) is 25.1 Å². The summed E-state index contributed by atoms with van der Waals surface area (Å²) < 4.78 is 16.0. The summed E-state index contributed by atoms with van der Waals surface area (Å²) in [6.07, 6.45) is 5.09. The molecule has 3 rings (SSSR count). The van der Waals surface area contributed by atoms with E-state index >= 15 is 0 Å². The molecule has 0 aromatic carbocycles. The van der Waals surface area contributed by atoms with Gasteiger partial charge in [0.15, 0.2) is 23.1 Å². The third-order valence-electron chi connectivity index (χ3n) is 4.46. The van der Waals surface area contributed by atoms with E-state index in [1.165, 1.54) is 0 Å². The molecule has 0 amide bonds. The molecule has 0 aliphatic carbocycles. The van der Waals surface area contributed by atoms with Crippen molar-refractivity contribution >= 4 is 0 Å². The second-order valence-corrected chi connectivity index (χ2v) is 6.05. The van der Waals surface area contributed by atoms with Crippen molar-refractivity contribution in [2.45, 2.75) is 38.5 Å². The highest BCUT2D eigenvalue weighted by molar-refractivity contribution is 5.42. The van der Waals surface area contributed by atoms with Crippen molar-refractivity contribution in [2.75, 3.05) is 27.9 Å². The molecule has 25 heavy (non-hydrogen) atoms. The van der Waals surface area contributed by atoms with Crippen molar-refractivity contribution in [3.63, 3.8) is 0 Å². The average Bonchev–Trinajstić information content (AvgIpc) is 3.10. The Labute approximate surface area is 147 Å². The first-order valence-corrected chi connectivity index (χ1v) is 8.46. The topological polar surface area (TPSA) is 85.4 Å². The number of nitrogens with one attached hydrogen (secondary N) is 1. The number of aromatic amines is 1. The fourth-order valence-corrected chi connectivity index (χ4v) is 3.29. The lowest BCUT2D eigenvalue weighted by Crippen LogP contribution is -2.34. The van der Waals surface area contributed by atoms with Gasteiger partial charge in [-0.3, -0.25) is 15.0 Å². The number of nitrogens with zero attached hydrogens (tertiary/aromatic N) is 4. The van der Waals surface area contributed by atoms with Gasteiger partial charge in [-0.2, -0.15) is 5.10 Å². The Morgan fingerprint density at radius 2 is 2.12 bits per heavy atom. The van der Waals surface area contributed by atoms with E-state index in [1.807, 2.05) is 6.07 Å². The largest absolute Gasteiger partial charge is 0.493 e. The Morgan fingerprint density at radius 3 is 2.88 bits per heavy atom. The number of hydrogen-bond donors (Lipinski definition) is 1. The highest BCUT2D eigenvalue weighted by Gasteiger charge is 2.29. The van der Waals surface area contributed by atoms with Gasteiger partial charge in [-0.25, -0.2) is 4.98 Å². The first-order valence-electron chi connectivity index (χ1n) is 8.46. The van der Waals surface area contributed by atoms with E-state index in [0.717, 1.165) is 43.1 Å². The molecule has 1 atom stereocenters. The Balaban J connectivity index is 1.82. The fourth-order valence-electron chi connectivity index (χ4n) is 3.29. The molecule has 0 spiro atoms. The first-order chi connectivity index (χ1) is 12.3. The monoisotopic (exact) mass is 347 g/mol. The van der Waals surface area contributed by atoms with E-state index in [2.05, 4.69) is 25.1 Å². The molecular weight excluding hydrogens is 322 g/mol. The number of ether oxygens (including phenoxy) is 3. The molecule has 136 valence electrons. The van der Waals surface area contributed by atoms with Crippen LogP contribution in [0.15, 0.2) is 12.3 Å². The van der Waals surface area contributed by atoms with Gasteiger partial charge in [0, 0.05) is 25.9 Å². The van der Waals surface area contributed by atoms with Crippen molar-refractivity contribution < 1.29 is 14.2 Å². The molecule has 1 saturated heterocycles. The minimum absolute atomic E-state index is 0.160. The lowest BCUT2D eigenvalue weighted by Gasteiger charge is -2.33. The zero-order valence-corrected chi connectivity index (χ0v) is 15.0. The number of rotatable bonds is 7. The normalized spacial score (nSPS) is 18.3. The van der Waals surface area contributed by atoms with Crippen molar-refractivity contribution in [3.05, 3.63) is 29.6 Å². The molecule has 2 aromatic rings. The van der Waals surface area contributed by atoms with Crippen LogP contribution in [0.25, 0.3) is 0 Å². The van der Waals surface area contributed by atoms with Crippen LogP contribution in [-0.4, -0.2) is 52.9 Å². The molecule has 1 unspecified atom stereocenters. The summed E-state index contributed by atoms with van der Waals surface area (Å²) in [5.41, 5.74) is 0.862. The highest BCUT2D eigenvalue weighted by atomic mass is 16.5. The number of likely N-dealkylation sites (tertiary alicyclic amines) is 1. The second-order valence-electron chi connectivity index (χ2n) is 6.05. The van der Waals surface area contributed by atoms with E-state index in [4.69, 9.17) is 14.2 Å². The predicted octanol–water partition coefficient (Wildman–Crippen LogP) is 2.09. The number of aromatic nitrogens is 4. The van der Waals surface area contributed by atoms with Crippen LogP contribution in [0.5, 0.6) is 11.5 Å². The Morgan fingerprint density at radius 1 is 1.24 bits per heavy atom. The zero-order chi connectivity index (χ0) is 17.6. The van der Waals surface area contributed by atoms with Crippen LogP contribution in [0.1, 0.15) is 42.6 Å². The van der Waals surface area contributed by atoms with Crippen LogP contribution in [0.3, 0.4) is 0 Å². The van der Waals surface area contributed by atoms with Gasteiger partial charge in [-0.1, -0.05) is 6.42 Å². The Hall–Kier alpha value is -2.19. The minimum atomic E-state index is 0.160. The molecule has 8 nitrogen and oxygen atoms in total. The van der Waals surface area contributed by atoms with Crippen LogP contribution < -0.4 is 9.47 Å². The van der Waals surface area contributed by atoms with Crippen molar-refractivity contribution in [1.29, 1.82) is 0 Å². The predicted molar refractivity (Wildman–Crippen MR) is 91.4 cm³/mol. The third-order valence-corrected chi connectivity index (χ3v) is 4.46. The molecule has 1 N–H and O–H groups in total. The summed E-state index contributed by atoms with van der Waals surface area (Å²) in [6.45, 7) is 2.07. The second kappa shape index (κ2) is 8.26. The molecule has 0 saturated carbocycles. The fraction of sp³-hybridized carbons (Fsp3) is 0.588. The number of H-pyrrole nitrogens is 1. The number of pyridine rings is 1. The van der Waals surface area contributed by atoms with Crippen LogP contribution in [-0.2, 0) is 17.9 Å². The summed E-state index contributed by atoms with van der Waals surface area (Å²) in [5, 5.41) is 7.35. The molecule has 3 heterocycles. The summed E-state index contributed by atoms with van der Waals surface area (Å²) >= 11 is 0. The van der Waals surface area contributed by atoms with E-state index in [-0.39, 0.29) is 6.04 Å². The number of hydrogen-bond acceptors (Lipinski definition) is 7. The SMILES string of the molecule is COCc1nc(C2CCCCN2Cc2nccc(OC)c2OC)n[nH]1. The summed E-state index contributed by atoms with van der Waals surface area (Å²) in [5.74, 6) is 2.94. The number of piperidine rings is 1. The van der Waals surface area contributed by atoms with Gasteiger partial charge in [0.2, 0.25) is 0 Å². The van der Waals surface area contributed by atoms with E-state index in [0.29, 0.717) is 24.7 Å². The highest BCUT2D eigenvalue weighted by Crippen LogP contribution is 2.34. The van der Waals surface area contributed by atoms with Crippen LogP contribution in [0.4, 0.5) is 0 Å². The molecule has 8 heteroatoms. The van der Waals surface area contributed by atoms with Gasteiger partial charge < -0.3 is 14.2 Å². The van der Waals surface area contributed by atoms with Crippen LogP contribution in [0, 0.1) is 0 Å². The number of methoxy groups -OCH3 is 3. The smallest absolute Gasteiger partial charge is 0.183 e. The van der Waals surface area contributed by atoms with Crippen LogP contribution in [0.2, 0.25) is 0 Å². The molecule has 1 fully saturated rings. The van der Waals surface area contributed by atoms with Gasteiger partial charge in [-0.15, -0.1) is 0 Å². The van der Waals surface area contributed by atoms with Gasteiger partial charge in [0.1, 0.15) is 12.3 Å². The molecule has 1 aliphatic heterocycles. The third kappa shape index (κ3) is 3.91. The molecule has 1 aliphatic rings. The minimum Gasteiger partial charge on any atom is -0.493 e. The lowest BCUT2D eigenvalue weighted by molar-refractivity contribution is 0.130. The quantitative estimate of drug-likeness (QED) is 0.821. The van der Waals surface area contributed by atoms with Crippen LogP contribution >= 0.6 is 0 Å². The van der Waals surface area contributed by atoms with Gasteiger partial charge in [0.25, 0.3) is 0 Å². The maximum atomic E-state index is 5.52. The summed E-state index contributed by atoms with van der Waals surface area (Å²) in [6, 6.07) is 1.97. The average molecular weight is 347 g/mol. The lowest BCUT2D eigenvalue weighted by atomic mass is 10.0. The summed E-state index contributed by atoms with van der Waals surface area (Å²) in [7, 11) is 4.93. The summed E-state index contributed by atoms with van der Waals surface area (Å²) in [4.78, 5) is 11.4. The molecule has 0 radical (unpaired) electrons. The first kappa shape index (κ1) is 17.6. The Bertz CT molecular complexity index is 691. The zero-order valence-electron chi connectivity index (χ0n) is 15.0. The standard InChI is InChI=1S/C17H25N5O3/c1-23-11-15-19-17(21-20-15)13-6-4-5-9-22(13)10-12-16(25-3)14(24-2)7-8-18-12/h7-8,13H,4-6,9-11H2,1-3H3,(H,19,20,21). The van der Waals surface area contributed by atoms with Gasteiger partial charge in [0.05, 0.1) is 20.3 Å². The molecule has 2 aromatic heterocycles. The molecule has 0 bridgehead atoms. The van der Waals surface area contributed by atoms with E-state index in [9.17, 15) is 0 Å². The van der Waals surface area contributed by atoms with E-state index < -0.39 is 0 Å². The van der Waals surface area contributed by atoms with Crippen molar-refractivity contribution in [3.8, 4) is 11.5 Å².